The third-order valence-corrected chi connectivity index (χ3v) is 4.26. The van der Waals surface area contributed by atoms with Crippen molar-refractivity contribution in [3.05, 3.63) is 53.1 Å². The number of esters is 1. The Morgan fingerprint density at radius 1 is 1.14 bits per heavy atom. The summed E-state index contributed by atoms with van der Waals surface area (Å²) in [5.41, 5.74) is 3.26. The lowest BCUT2D eigenvalue weighted by Gasteiger charge is -2.12. The summed E-state index contributed by atoms with van der Waals surface area (Å²) in [6.07, 6.45) is 3.43. The molecule has 154 valence electrons. The van der Waals surface area contributed by atoms with Gasteiger partial charge in [-0.2, -0.15) is 0 Å². The van der Waals surface area contributed by atoms with E-state index in [1.807, 2.05) is 32.0 Å². The lowest BCUT2D eigenvalue weighted by molar-refractivity contribution is -0.142. The minimum absolute atomic E-state index is 0.131. The van der Waals surface area contributed by atoms with E-state index in [1.54, 1.807) is 12.1 Å². The van der Waals surface area contributed by atoms with Gasteiger partial charge < -0.3 is 24.6 Å². The molecule has 0 aliphatic rings. The van der Waals surface area contributed by atoms with Crippen LogP contribution in [0.25, 0.3) is 6.08 Å². The number of carbonyl (C=O) groups excluding carboxylic acids is 2. The van der Waals surface area contributed by atoms with Crippen LogP contribution in [0.4, 0.5) is 5.69 Å². The van der Waals surface area contributed by atoms with E-state index in [2.05, 4.69) is 5.32 Å². The number of rotatable bonds is 8. The molecule has 2 aromatic carbocycles. The third kappa shape index (κ3) is 5.75. The molecule has 0 fully saturated rings. The van der Waals surface area contributed by atoms with Crippen LogP contribution in [0, 0.1) is 6.92 Å². The topological polar surface area (TPSA) is 94.1 Å². The van der Waals surface area contributed by atoms with E-state index < -0.39 is 18.5 Å². The molecular weight excluding hydrogens is 374 g/mol. The fourth-order valence-corrected chi connectivity index (χ4v) is 2.74. The monoisotopic (exact) mass is 399 g/mol. The Morgan fingerprint density at radius 3 is 2.38 bits per heavy atom. The van der Waals surface area contributed by atoms with Crippen molar-refractivity contribution in [2.45, 2.75) is 20.3 Å². The van der Waals surface area contributed by atoms with Gasteiger partial charge in [0.1, 0.15) is 0 Å². The smallest absolute Gasteiger partial charge is 0.331 e. The first-order valence-corrected chi connectivity index (χ1v) is 9.07. The molecule has 2 N–H and O–H groups in total. The Bertz CT molecular complexity index is 895. The predicted molar refractivity (Wildman–Crippen MR) is 110 cm³/mol. The molecule has 29 heavy (non-hydrogen) atoms. The fourth-order valence-electron chi connectivity index (χ4n) is 2.74. The molecule has 0 spiro atoms. The molecule has 0 saturated heterocycles. The fraction of sp³-hybridized carbons (Fsp3) is 0.273. The Labute approximate surface area is 169 Å². The van der Waals surface area contributed by atoms with Gasteiger partial charge >= 0.3 is 5.97 Å². The molecule has 7 heteroatoms. The standard InChI is InChI=1S/C22H25NO6/c1-5-16-8-6-7-14(2)21(16)23-19(24)13-29-20(25)10-9-15-11-17(27-3)22(26)18(12-15)28-4/h6-12,26H,5,13H2,1-4H3,(H,23,24). The van der Waals surface area contributed by atoms with Crippen LogP contribution in [0.3, 0.4) is 0 Å². The van der Waals surface area contributed by atoms with Crippen molar-refractivity contribution in [3.63, 3.8) is 0 Å². The predicted octanol–water partition coefficient (Wildman–Crippen LogP) is 3.48. The molecule has 1 amide bonds. The van der Waals surface area contributed by atoms with Crippen molar-refractivity contribution >= 4 is 23.6 Å². The second kappa shape index (κ2) is 10.2. The van der Waals surface area contributed by atoms with Crippen LogP contribution in [0.5, 0.6) is 17.2 Å². The molecule has 0 heterocycles. The van der Waals surface area contributed by atoms with E-state index in [9.17, 15) is 14.7 Å². The number of carbonyl (C=O) groups is 2. The highest BCUT2D eigenvalue weighted by Gasteiger charge is 2.12. The van der Waals surface area contributed by atoms with E-state index in [0.29, 0.717) is 5.56 Å². The highest BCUT2D eigenvalue weighted by Crippen LogP contribution is 2.37. The van der Waals surface area contributed by atoms with E-state index in [0.717, 1.165) is 23.2 Å². The highest BCUT2D eigenvalue weighted by molar-refractivity contribution is 5.95. The van der Waals surface area contributed by atoms with Gasteiger partial charge in [0, 0.05) is 11.8 Å². The molecule has 0 unspecified atom stereocenters. The second-order valence-corrected chi connectivity index (χ2v) is 6.23. The summed E-state index contributed by atoms with van der Waals surface area (Å²) in [5, 5.41) is 12.7. The lowest BCUT2D eigenvalue weighted by atomic mass is 10.1. The SMILES string of the molecule is CCc1cccc(C)c1NC(=O)COC(=O)C=Cc1cc(OC)c(O)c(OC)c1. The minimum Gasteiger partial charge on any atom is -0.502 e. The molecule has 7 nitrogen and oxygen atoms in total. The van der Waals surface area contributed by atoms with Crippen LogP contribution < -0.4 is 14.8 Å². The van der Waals surface area contributed by atoms with Gasteiger partial charge in [0.15, 0.2) is 18.1 Å². The van der Waals surface area contributed by atoms with Crippen LogP contribution in [-0.2, 0) is 20.7 Å². The van der Waals surface area contributed by atoms with Crippen molar-refractivity contribution in [1.29, 1.82) is 0 Å². The average molecular weight is 399 g/mol. The maximum atomic E-state index is 12.1. The van der Waals surface area contributed by atoms with Gasteiger partial charge in [-0.05, 0) is 48.2 Å². The Hall–Kier alpha value is -3.48. The Morgan fingerprint density at radius 2 is 1.79 bits per heavy atom. The number of amides is 1. The lowest BCUT2D eigenvalue weighted by Crippen LogP contribution is -2.21. The van der Waals surface area contributed by atoms with Gasteiger partial charge in [0.05, 0.1) is 14.2 Å². The van der Waals surface area contributed by atoms with Gasteiger partial charge in [-0.25, -0.2) is 4.79 Å². The molecular formula is C22H25NO6. The number of para-hydroxylation sites is 1. The van der Waals surface area contributed by atoms with E-state index in [1.165, 1.54) is 26.4 Å². The van der Waals surface area contributed by atoms with Crippen LogP contribution in [0.15, 0.2) is 36.4 Å². The van der Waals surface area contributed by atoms with Gasteiger partial charge in [-0.3, -0.25) is 4.79 Å². The molecule has 0 saturated carbocycles. The molecule has 0 aliphatic carbocycles. The first kappa shape index (κ1) is 21.8. The first-order valence-electron chi connectivity index (χ1n) is 9.07. The summed E-state index contributed by atoms with van der Waals surface area (Å²) < 4.78 is 15.1. The summed E-state index contributed by atoms with van der Waals surface area (Å²) in [6.45, 7) is 3.51. The molecule has 2 aromatic rings. The number of hydrogen-bond acceptors (Lipinski definition) is 6. The zero-order valence-corrected chi connectivity index (χ0v) is 16.9. The largest absolute Gasteiger partial charge is 0.502 e. The number of phenolic OH excluding ortho intramolecular Hbond substituents is 1. The first-order chi connectivity index (χ1) is 13.9. The molecule has 2 rings (SSSR count). The number of aryl methyl sites for hydroxylation is 2. The van der Waals surface area contributed by atoms with Gasteiger partial charge in [0.2, 0.25) is 5.75 Å². The molecule has 0 aliphatic heterocycles. The van der Waals surface area contributed by atoms with Crippen molar-refractivity contribution in [2.24, 2.45) is 0 Å². The Balaban J connectivity index is 1.97. The number of hydrogen-bond donors (Lipinski definition) is 2. The van der Waals surface area contributed by atoms with Gasteiger partial charge in [-0.15, -0.1) is 0 Å². The van der Waals surface area contributed by atoms with Crippen molar-refractivity contribution < 1.29 is 28.9 Å². The molecule has 0 atom stereocenters. The second-order valence-electron chi connectivity index (χ2n) is 6.23. The number of methoxy groups -OCH3 is 2. The van der Waals surface area contributed by atoms with E-state index >= 15 is 0 Å². The van der Waals surface area contributed by atoms with Crippen molar-refractivity contribution in [3.8, 4) is 17.2 Å². The van der Waals surface area contributed by atoms with Crippen LogP contribution >= 0.6 is 0 Å². The quantitative estimate of drug-likeness (QED) is 0.521. The number of ether oxygens (including phenoxy) is 3. The summed E-state index contributed by atoms with van der Waals surface area (Å²) in [7, 11) is 2.82. The minimum atomic E-state index is -0.674. The highest BCUT2D eigenvalue weighted by atomic mass is 16.5. The molecule has 0 aromatic heterocycles. The summed E-state index contributed by atoms with van der Waals surface area (Å²) >= 11 is 0. The summed E-state index contributed by atoms with van der Waals surface area (Å²) in [6, 6.07) is 8.86. The van der Waals surface area contributed by atoms with E-state index in [-0.39, 0.29) is 17.2 Å². The molecule has 0 bridgehead atoms. The number of nitrogens with one attached hydrogen (secondary N) is 1. The number of phenols is 1. The zero-order valence-electron chi connectivity index (χ0n) is 16.9. The summed E-state index contributed by atoms with van der Waals surface area (Å²) in [4.78, 5) is 24.1. The van der Waals surface area contributed by atoms with Gasteiger partial charge in [0.25, 0.3) is 5.91 Å². The van der Waals surface area contributed by atoms with Gasteiger partial charge in [-0.1, -0.05) is 25.1 Å². The Kier molecular flexibility index (Phi) is 7.65. The van der Waals surface area contributed by atoms with Crippen LogP contribution in [0.1, 0.15) is 23.6 Å². The van der Waals surface area contributed by atoms with E-state index in [4.69, 9.17) is 14.2 Å². The normalized spacial score (nSPS) is 10.6. The summed E-state index contributed by atoms with van der Waals surface area (Å²) in [5.74, 6) is -0.798. The third-order valence-electron chi connectivity index (χ3n) is 4.26. The van der Waals surface area contributed by atoms with Crippen molar-refractivity contribution in [1.82, 2.24) is 0 Å². The van der Waals surface area contributed by atoms with Crippen molar-refractivity contribution in [2.75, 3.05) is 26.1 Å². The maximum Gasteiger partial charge on any atom is 0.331 e. The number of anilines is 1. The molecule has 0 radical (unpaired) electrons. The average Bonchev–Trinajstić information content (AvgIpc) is 2.72. The maximum absolute atomic E-state index is 12.1. The van der Waals surface area contributed by atoms with Crippen LogP contribution in [-0.4, -0.2) is 37.8 Å². The van der Waals surface area contributed by atoms with Crippen LogP contribution in [0.2, 0.25) is 0 Å². The zero-order chi connectivity index (χ0) is 21.4. The number of aromatic hydroxyl groups is 1. The number of benzene rings is 2.